The zero-order chi connectivity index (χ0) is 16.7. The molecule has 3 N–H and O–H groups in total. The molecular formula is C16H17N3O3S. The topological polar surface area (TPSA) is 87.3 Å². The number of urea groups is 1. The molecule has 0 aliphatic rings. The predicted molar refractivity (Wildman–Crippen MR) is 90.9 cm³/mol. The Labute approximate surface area is 135 Å². The maximum Gasteiger partial charge on any atom is 0.319 e. The Morgan fingerprint density at radius 1 is 1.00 bits per heavy atom. The third kappa shape index (κ3) is 4.86. The van der Waals surface area contributed by atoms with Gasteiger partial charge in [-0.25, -0.2) is 13.2 Å². The number of amides is 2. The molecule has 0 heterocycles. The molecule has 0 saturated carbocycles. The second kappa shape index (κ2) is 7.46. The molecule has 2 aromatic carbocycles. The number of hydrogen-bond acceptors (Lipinski definition) is 3. The minimum absolute atomic E-state index is 0.186. The maximum absolute atomic E-state index is 12.2. The van der Waals surface area contributed by atoms with E-state index in [1.54, 1.807) is 48.5 Å². The molecule has 0 atom stereocenters. The summed E-state index contributed by atoms with van der Waals surface area (Å²) >= 11 is 0. The standard InChI is InChI=1S/C16H17N3O3S/c1-2-12-17-16(20)18-13-8-10-14(11-9-13)19-23(21,22)15-6-4-3-5-7-15/h2-11,19H,1,12H2,(H2,17,18,20). The first-order chi connectivity index (χ1) is 11.0. The Morgan fingerprint density at radius 3 is 2.22 bits per heavy atom. The average Bonchev–Trinajstić information content (AvgIpc) is 2.55. The predicted octanol–water partition coefficient (Wildman–Crippen LogP) is 2.79. The van der Waals surface area contributed by atoms with Crippen LogP contribution in [0.1, 0.15) is 0 Å². The number of sulfonamides is 1. The zero-order valence-corrected chi connectivity index (χ0v) is 13.1. The van der Waals surface area contributed by atoms with Crippen molar-refractivity contribution in [3.8, 4) is 0 Å². The maximum atomic E-state index is 12.2. The molecule has 0 aliphatic heterocycles. The molecular weight excluding hydrogens is 314 g/mol. The summed E-state index contributed by atoms with van der Waals surface area (Å²) in [5.41, 5.74) is 0.958. The van der Waals surface area contributed by atoms with Crippen molar-refractivity contribution in [3.63, 3.8) is 0 Å². The highest BCUT2D eigenvalue weighted by Crippen LogP contribution is 2.18. The highest BCUT2D eigenvalue weighted by atomic mass is 32.2. The van der Waals surface area contributed by atoms with E-state index in [1.165, 1.54) is 12.1 Å². The van der Waals surface area contributed by atoms with Crippen LogP contribution in [-0.4, -0.2) is 21.0 Å². The van der Waals surface area contributed by atoms with Crippen LogP contribution in [0.25, 0.3) is 0 Å². The van der Waals surface area contributed by atoms with Crippen LogP contribution in [0.5, 0.6) is 0 Å². The molecule has 0 radical (unpaired) electrons. The molecule has 6 nitrogen and oxygen atoms in total. The number of rotatable bonds is 6. The van der Waals surface area contributed by atoms with Gasteiger partial charge in [-0.1, -0.05) is 24.3 Å². The van der Waals surface area contributed by atoms with Crippen LogP contribution in [0.4, 0.5) is 16.2 Å². The number of anilines is 2. The van der Waals surface area contributed by atoms with E-state index in [-0.39, 0.29) is 10.9 Å². The lowest BCUT2D eigenvalue weighted by molar-refractivity contribution is 0.253. The fourth-order valence-electron chi connectivity index (χ4n) is 1.78. The zero-order valence-electron chi connectivity index (χ0n) is 12.3. The monoisotopic (exact) mass is 331 g/mol. The van der Waals surface area contributed by atoms with Gasteiger partial charge in [0, 0.05) is 17.9 Å². The largest absolute Gasteiger partial charge is 0.334 e. The fourth-order valence-corrected chi connectivity index (χ4v) is 2.86. The van der Waals surface area contributed by atoms with Gasteiger partial charge in [0.25, 0.3) is 10.0 Å². The molecule has 2 amide bonds. The summed E-state index contributed by atoms with van der Waals surface area (Å²) in [5.74, 6) is 0. The van der Waals surface area contributed by atoms with E-state index in [0.29, 0.717) is 17.9 Å². The third-order valence-corrected chi connectivity index (χ3v) is 4.25. The molecule has 7 heteroatoms. The van der Waals surface area contributed by atoms with Crippen LogP contribution in [0, 0.1) is 0 Å². The van der Waals surface area contributed by atoms with Crippen molar-refractivity contribution in [3.05, 3.63) is 67.3 Å². The highest BCUT2D eigenvalue weighted by Gasteiger charge is 2.13. The molecule has 0 fully saturated rings. The van der Waals surface area contributed by atoms with Gasteiger partial charge in [-0.2, -0.15) is 0 Å². The Morgan fingerprint density at radius 2 is 1.61 bits per heavy atom. The van der Waals surface area contributed by atoms with E-state index >= 15 is 0 Å². The minimum Gasteiger partial charge on any atom is -0.334 e. The van der Waals surface area contributed by atoms with Crippen LogP contribution >= 0.6 is 0 Å². The molecule has 0 unspecified atom stereocenters. The molecule has 2 rings (SSSR count). The summed E-state index contributed by atoms with van der Waals surface area (Å²) in [5, 5.41) is 5.20. The second-order valence-electron chi connectivity index (χ2n) is 4.62. The van der Waals surface area contributed by atoms with E-state index in [4.69, 9.17) is 0 Å². The van der Waals surface area contributed by atoms with Gasteiger partial charge in [-0.3, -0.25) is 4.72 Å². The van der Waals surface area contributed by atoms with Crippen LogP contribution in [0.15, 0.2) is 72.1 Å². The molecule has 23 heavy (non-hydrogen) atoms. The van der Waals surface area contributed by atoms with Crippen LogP contribution in [0.2, 0.25) is 0 Å². The van der Waals surface area contributed by atoms with Gasteiger partial charge in [-0.15, -0.1) is 6.58 Å². The number of carbonyl (C=O) groups is 1. The van der Waals surface area contributed by atoms with Crippen molar-refractivity contribution in [1.82, 2.24) is 5.32 Å². The Kier molecular flexibility index (Phi) is 5.37. The third-order valence-electron chi connectivity index (χ3n) is 2.86. The number of carbonyl (C=O) groups excluding carboxylic acids is 1. The van der Waals surface area contributed by atoms with Gasteiger partial charge in [0.2, 0.25) is 0 Å². The molecule has 0 spiro atoms. The fraction of sp³-hybridized carbons (Fsp3) is 0.0625. The number of benzene rings is 2. The lowest BCUT2D eigenvalue weighted by atomic mass is 10.3. The van der Waals surface area contributed by atoms with E-state index < -0.39 is 10.0 Å². The Hall–Kier alpha value is -2.80. The summed E-state index contributed by atoms with van der Waals surface area (Å²) in [6.45, 7) is 3.86. The van der Waals surface area contributed by atoms with Gasteiger partial charge < -0.3 is 10.6 Å². The average molecular weight is 331 g/mol. The molecule has 0 saturated heterocycles. The first-order valence-electron chi connectivity index (χ1n) is 6.85. The normalized spacial score (nSPS) is 10.6. The van der Waals surface area contributed by atoms with Gasteiger partial charge >= 0.3 is 6.03 Å². The quantitative estimate of drug-likeness (QED) is 0.711. The molecule has 2 aromatic rings. The van der Waals surface area contributed by atoms with Gasteiger partial charge in [-0.05, 0) is 36.4 Å². The van der Waals surface area contributed by atoms with Crippen LogP contribution in [0.3, 0.4) is 0 Å². The van der Waals surface area contributed by atoms with Gasteiger partial charge in [0.05, 0.1) is 4.90 Å². The SMILES string of the molecule is C=CCNC(=O)Nc1ccc(NS(=O)(=O)c2ccccc2)cc1. The van der Waals surface area contributed by atoms with E-state index in [9.17, 15) is 13.2 Å². The summed E-state index contributed by atoms with van der Waals surface area (Å²) in [4.78, 5) is 11.7. The van der Waals surface area contributed by atoms with E-state index in [1.807, 2.05) is 0 Å². The summed E-state index contributed by atoms with van der Waals surface area (Å²) in [6, 6.07) is 14.1. The van der Waals surface area contributed by atoms with Crippen molar-refractivity contribution >= 4 is 27.4 Å². The van der Waals surface area contributed by atoms with Crippen molar-refractivity contribution in [1.29, 1.82) is 0 Å². The molecule has 0 aliphatic carbocycles. The van der Waals surface area contributed by atoms with E-state index in [0.717, 1.165) is 0 Å². The van der Waals surface area contributed by atoms with Gasteiger partial charge in [0.1, 0.15) is 0 Å². The molecule has 0 bridgehead atoms. The number of hydrogen-bond donors (Lipinski definition) is 3. The van der Waals surface area contributed by atoms with Crippen molar-refractivity contribution in [2.75, 3.05) is 16.6 Å². The van der Waals surface area contributed by atoms with Crippen molar-refractivity contribution < 1.29 is 13.2 Å². The van der Waals surface area contributed by atoms with E-state index in [2.05, 4.69) is 21.9 Å². The van der Waals surface area contributed by atoms with Crippen LogP contribution in [-0.2, 0) is 10.0 Å². The lowest BCUT2D eigenvalue weighted by Crippen LogP contribution is -2.28. The highest BCUT2D eigenvalue weighted by molar-refractivity contribution is 7.92. The summed E-state index contributed by atoms with van der Waals surface area (Å²) < 4.78 is 26.8. The van der Waals surface area contributed by atoms with Crippen LogP contribution < -0.4 is 15.4 Å². The number of nitrogens with one attached hydrogen (secondary N) is 3. The smallest absolute Gasteiger partial charge is 0.319 e. The summed E-state index contributed by atoms with van der Waals surface area (Å²) in [6.07, 6.45) is 1.57. The van der Waals surface area contributed by atoms with Gasteiger partial charge in [0.15, 0.2) is 0 Å². The summed E-state index contributed by atoms with van der Waals surface area (Å²) in [7, 11) is -3.62. The Balaban J connectivity index is 2.03. The second-order valence-corrected chi connectivity index (χ2v) is 6.30. The Bertz CT molecular complexity index is 772. The molecule has 0 aromatic heterocycles. The molecule has 120 valence electrons. The van der Waals surface area contributed by atoms with Crippen molar-refractivity contribution in [2.45, 2.75) is 4.90 Å². The first kappa shape index (κ1) is 16.6. The van der Waals surface area contributed by atoms with Crippen molar-refractivity contribution in [2.24, 2.45) is 0 Å². The minimum atomic E-state index is -3.62. The first-order valence-corrected chi connectivity index (χ1v) is 8.33. The lowest BCUT2D eigenvalue weighted by Gasteiger charge is -2.09.